The Balaban J connectivity index is 1.30. The van der Waals surface area contributed by atoms with E-state index in [1.807, 2.05) is 42.5 Å². The molecule has 0 spiro atoms. The molecule has 9 nitrogen and oxygen atoms in total. The summed E-state index contributed by atoms with van der Waals surface area (Å²) in [6.45, 7) is 2.09. The summed E-state index contributed by atoms with van der Waals surface area (Å²) in [7, 11) is 3.70. The molecule has 3 aliphatic rings. The highest BCUT2D eigenvalue weighted by atomic mass is 16.5. The molecule has 2 heterocycles. The standard InChI is InChI=1S/C30H38N4O5/c1-32-17-15-24(16-18-32)34(30(36)37)23-10-7-21(8-11-23)20-33-29(35)14-12-26(31-33)22-9-13-27(38-2)28(19-22)39-25-5-3-4-6-25/h7-11,13,19,24-25H,3-6,12,14-18,20H2,1-2H3,(H,36,37). The molecule has 1 saturated carbocycles. The highest BCUT2D eigenvalue weighted by Gasteiger charge is 2.28. The fourth-order valence-electron chi connectivity index (χ4n) is 5.73. The van der Waals surface area contributed by atoms with Gasteiger partial charge in [-0.05, 0) is 94.6 Å². The number of carboxylic acid groups (broad SMARTS) is 1. The normalized spacial score (nSPS) is 19.2. The molecule has 0 atom stereocenters. The number of hydrogen-bond acceptors (Lipinski definition) is 6. The number of anilines is 1. The van der Waals surface area contributed by atoms with E-state index >= 15 is 0 Å². The number of amides is 2. The third-order valence-electron chi connectivity index (χ3n) is 8.00. The van der Waals surface area contributed by atoms with E-state index in [1.54, 1.807) is 7.11 Å². The van der Waals surface area contributed by atoms with Crippen LogP contribution in [0.15, 0.2) is 47.6 Å². The quantitative estimate of drug-likeness (QED) is 0.505. The van der Waals surface area contributed by atoms with E-state index in [0.717, 1.165) is 61.4 Å². The van der Waals surface area contributed by atoms with Crippen LogP contribution in [-0.2, 0) is 11.3 Å². The van der Waals surface area contributed by atoms with Crippen LogP contribution >= 0.6 is 0 Å². The number of likely N-dealkylation sites (tertiary alicyclic amines) is 1. The largest absolute Gasteiger partial charge is 0.493 e. The minimum atomic E-state index is -0.937. The molecule has 0 unspecified atom stereocenters. The van der Waals surface area contributed by atoms with Gasteiger partial charge in [0, 0.05) is 30.1 Å². The topological polar surface area (TPSA) is 94.9 Å². The number of hydrogen-bond donors (Lipinski definition) is 1. The minimum absolute atomic E-state index is 0.0303. The average Bonchev–Trinajstić information content (AvgIpc) is 3.45. The van der Waals surface area contributed by atoms with Gasteiger partial charge in [-0.25, -0.2) is 9.80 Å². The van der Waals surface area contributed by atoms with Crippen LogP contribution in [0.5, 0.6) is 11.5 Å². The molecule has 0 aromatic heterocycles. The second-order valence-electron chi connectivity index (χ2n) is 10.7. The van der Waals surface area contributed by atoms with Crippen LogP contribution in [-0.4, -0.2) is 72.1 Å². The molecule has 2 fully saturated rings. The predicted molar refractivity (Wildman–Crippen MR) is 150 cm³/mol. The Hall–Kier alpha value is -3.59. The monoisotopic (exact) mass is 534 g/mol. The molecule has 2 aromatic rings. The van der Waals surface area contributed by atoms with Gasteiger partial charge in [0.1, 0.15) is 0 Å². The highest BCUT2D eigenvalue weighted by Crippen LogP contribution is 2.33. The number of carbonyl (C=O) groups is 2. The Morgan fingerprint density at radius 3 is 2.41 bits per heavy atom. The lowest BCUT2D eigenvalue weighted by Crippen LogP contribution is -2.46. The number of rotatable bonds is 8. The fraction of sp³-hybridized carbons (Fsp3) is 0.500. The smallest absolute Gasteiger partial charge is 0.412 e. The number of ether oxygens (including phenoxy) is 2. The number of carbonyl (C=O) groups excluding carboxylic acids is 1. The van der Waals surface area contributed by atoms with Gasteiger partial charge in [-0.1, -0.05) is 12.1 Å². The van der Waals surface area contributed by atoms with Crippen LogP contribution in [0, 0.1) is 0 Å². The van der Waals surface area contributed by atoms with Crippen LogP contribution < -0.4 is 14.4 Å². The lowest BCUT2D eigenvalue weighted by atomic mass is 10.0. The van der Waals surface area contributed by atoms with Crippen molar-refractivity contribution in [1.82, 2.24) is 9.91 Å². The molecular weight excluding hydrogens is 496 g/mol. The summed E-state index contributed by atoms with van der Waals surface area (Å²) in [5.74, 6) is 1.39. The van der Waals surface area contributed by atoms with Gasteiger partial charge in [-0.15, -0.1) is 0 Å². The highest BCUT2D eigenvalue weighted by molar-refractivity contribution is 6.04. The fourth-order valence-corrected chi connectivity index (χ4v) is 5.73. The van der Waals surface area contributed by atoms with Gasteiger partial charge >= 0.3 is 6.09 Å². The first kappa shape index (κ1) is 27.0. The third kappa shape index (κ3) is 6.36. The Bertz CT molecular complexity index is 1200. The zero-order valence-corrected chi connectivity index (χ0v) is 22.8. The van der Waals surface area contributed by atoms with Crippen LogP contribution in [0.25, 0.3) is 0 Å². The maximum atomic E-state index is 12.8. The molecule has 0 bridgehead atoms. The van der Waals surface area contributed by atoms with Crippen molar-refractivity contribution in [3.8, 4) is 11.5 Å². The first-order chi connectivity index (χ1) is 18.9. The average molecular weight is 535 g/mol. The van der Waals surface area contributed by atoms with Crippen LogP contribution in [0.2, 0.25) is 0 Å². The Morgan fingerprint density at radius 2 is 1.74 bits per heavy atom. The summed E-state index contributed by atoms with van der Waals surface area (Å²) in [6, 6.07) is 13.2. The Morgan fingerprint density at radius 1 is 1.03 bits per heavy atom. The van der Waals surface area contributed by atoms with Crippen molar-refractivity contribution in [2.75, 3.05) is 32.1 Å². The van der Waals surface area contributed by atoms with Gasteiger partial charge in [0.05, 0.1) is 25.5 Å². The Labute approximate surface area is 230 Å². The van der Waals surface area contributed by atoms with Gasteiger partial charge in [0.25, 0.3) is 0 Å². The van der Waals surface area contributed by atoms with Crippen molar-refractivity contribution < 1.29 is 24.2 Å². The summed E-state index contributed by atoms with van der Waals surface area (Å²) < 4.78 is 11.8. The van der Waals surface area contributed by atoms with E-state index in [4.69, 9.17) is 14.6 Å². The molecule has 9 heteroatoms. The molecular formula is C30H38N4O5. The summed E-state index contributed by atoms with van der Waals surface area (Å²) in [4.78, 5) is 28.5. The van der Waals surface area contributed by atoms with Crippen molar-refractivity contribution in [1.29, 1.82) is 0 Å². The van der Waals surface area contributed by atoms with Gasteiger partial charge in [0.15, 0.2) is 11.5 Å². The summed E-state index contributed by atoms with van der Waals surface area (Å²) >= 11 is 0. The second kappa shape index (κ2) is 12.1. The van der Waals surface area contributed by atoms with Crippen molar-refractivity contribution in [2.24, 2.45) is 5.10 Å². The molecule has 208 valence electrons. The number of nitrogens with zero attached hydrogens (tertiary/aromatic N) is 4. The van der Waals surface area contributed by atoms with E-state index in [9.17, 15) is 14.7 Å². The van der Waals surface area contributed by atoms with Crippen LogP contribution in [0.3, 0.4) is 0 Å². The first-order valence-corrected chi connectivity index (χ1v) is 13.9. The van der Waals surface area contributed by atoms with E-state index in [1.165, 1.54) is 22.8 Å². The SMILES string of the molecule is COc1ccc(C2=NN(Cc3ccc(N(C(=O)O)C4CCN(C)CC4)cc3)C(=O)CC2)cc1OC1CCCC1. The lowest BCUT2D eigenvalue weighted by molar-refractivity contribution is -0.132. The molecule has 1 N–H and O–H groups in total. The Kier molecular flexibility index (Phi) is 8.35. The van der Waals surface area contributed by atoms with Crippen molar-refractivity contribution in [3.05, 3.63) is 53.6 Å². The van der Waals surface area contributed by atoms with Gasteiger partial charge in [0.2, 0.25) is 5.91 Å². The van der Waals surface area contributed by atoms with Gasteiger partial charge < -0.3 is 19.5 Å². The summed E-state index contributed by atoms with van der Waals surface area (Å²) in [5.41, 5.74) is 3.31. The number of hydrazone groups is 1. The minimum Gasteiger partial charge on any atom is -0.493 e. The van der Waals surface area contributed by atoms with E-state index in [-0.39, 0.29) is 18.1 Å². The number of piperidine rings is 1. The maximum Gasteiger partial charge on any atom is 0.412 e. The first-order valence-electron chi connectivity index (χ1n) is 13.9. The maximum absolute atomic E-state index is 12.8. The summed E-state index contributed by atoms with van der Waals surface area (Å²) in [5, 5.41) is 16.1. The van der Waals surface area contributed by atoms with Crippen molar-refractivity contribution in [2.45, 2.75) is 70.1 Å². The van der Waals surface area contributed by atoms with Gasteiger partial charge in [-0.2, -0.15) is 5.10 Å². The van der Waals surface area contributed by atoms with Crippen LogP contribution in [0.1, 0.15) is 62.5 Å². The molecule has 5 rings (SSSR count). The molecule has 1 saturated heterocycles. The zero-order valence-electron chi connectivity index (χ0n) is 22.8. The van der Waals surface area contributed by atoms with E-state index in [2.05, 4.69) is 11.9 Å². The summed E-state index contributed by atoms with van der Waals surface area (Å²) in [6.07, 6.45) is 6.31. The molecule has 2 aromatic carbocycles. The second-order valence-corrected chi connectivity index (χ2v) is 10.7. The zero-order chi connectivity index (χ0) is 27.4. The molecule has 0 radical (unpaired) electrons. The predicted octanol–water partition coefficient (Wildman–Crippen LogP) is 5.12. The lowest BCUT2D eigenvalue weighted by Gasteiger charge is -2.35. The van der Waals surface area contributed by atoms with Crippen molar-refractivity contribution in [3.63, 3.8) is 0 Å². The van der Waals surface area contributed by atoms with E-state index < -0.39 is 6.09 Å². The van der Waals surface area contributed by atoms with Gasteiger partial charge in [-0.3, -0.25) is 9.69 Å². The third-order valence-corrected chi connectivity index (χ3v) is 8.00. The number of benzene rings is 2. The molecule has 2 aliphatic heterocycles. The van der Waals surface area contributed by atoms with Crippen LogP contribution in [0.4, 0.5) is 10.5 Å². The molecule has 1 aliphatic carbocycles. The van der Waals surface area contributed by atoms with E-state index in [0.29, 0.717) is 30.8 Å². The number of methoxy groups -OCH3 is 1. The molecule has 39 heavy (non-hydrogen) atoms. The molecule has 2 amide bonds. The van der Waals surface area contributed by atoms with Crippen molar-refractivity contribution >= 4 is 23.4 Å².